The largest absolute Gasteiger partial charge is 0.476 e. The zero-order valence-electron chi connectivity index (χ0n) is 8.57. The van der Waals surface area contributed by atoms with Gasteiger partial charge in [0.2, 0.25) is 0 Å². The van der Waals surface area contributed by atoms with Crippen LogP contribution >= 0.6 is 11.6 Å². The standard InChI is InChI=1S/C10H10ClN3O2/c1-2-14-9(6-3-4-12-5-6)7(11)8(13-14)10(15)16/h3-5,12H,2H2,1H3,(H,15,16). The third-order valence-corrected chi connectivity index (χ3v) is 2.63. The van der Waals surface area contributed by atoms with Crippen LogP contribution in [-0.2, 0) is 6.54 Å². The van der Waals surface area contributed by atoms with E-state index in [1.54, 1.807) is 17.1 Å². The van der Waals surface area contributed by atoms with Crippen LogP contribution < -0.4 is 0 Å². The Morgan fingerprint density at radius 1 is 1.69 bits per heavy atom. The summed E-state index contributed by atoms with van der Waals surface area (Å²) in [5.41, 5.74) is 1.34. The number of H-pyrrole nitrogens is 1. The number of aromatic carboxylic acids is 1. The van der Waals surface area contributed by atoms with E-state index in [-0.39, 0.29) is 10.7 Å². The monoisotopic (exact) mass is 239 g/mol. The maximum absolute atomic E-state index is 10.9. The third kappa shape index (κ3) is 1.59. The highest BCUT2D eigenvalue weighted by Gasteiger charge is 2.21. The smallest absolute Gasteiger partial charge is 0.358 e. The lowest BCUT2D eigenvalue weighted by atomic mass is 10.2. The van der Waals surface area contributed by atoms with Gasteiger partial charge in [0.1, 0.15) is 5.02 Å². The van der Waals surface area contributed by atoms with E-state index in [4.69, 9.17) is 16.7 Å². The van der Waals surface area contributed by atoms with Gasteiger partial charge >= 0.3 is 5.97 Å². The summed E-state index contributed by atoms with van der Waals surface area (Å²) < 4.78 is 1.58. The van der Waals surface area contributed by atoms with E-state index in [9.17, 15) is 4.79 Å². The van der Waals surface area contributed by atoms with Gasteiger partial charge < -0.3 is 10.1 Å². The second kappa shape index (κ2) is 4.02. The van der Waals surface area contributed by atoms with Crippen LogP contribution in [0.25, 0.3) is 11.3 Å². The molecule has 0 atom stereocenters. The van der Waals surface area contributed by atoms with E-state index in [1.165, 1.54) is 0 Å². The van der Waals surface area contributed by atoms with Crippen molar-refractivity contribution in [1.29, 1.82) is 0 Å². The van der Waals surface area contributed by atoms with Crippen molar-refractivity contribution < 1.29 is 9.90 Å². The number of aromatic amines is 1. The molecular weight excluding hydrogens is 230 g/mol. The summed E-state index contributed by atoms with van der Waals surface area (Å²) in [6.45, 7) is 2.44. The highest BCUT2D eigenvalue weighted by Crippen LogP contribution is 2.30. The lowest BCUT2D eigenvalue weighted by Gasteiger charge is -2.01. The molecule has 5 nitrogen and oxygen atoms in total. The van der Waals surface area contributed by atoms with E-state index in [0.717, 1.165) is 5.56 Å². The molecule has 84 valence electrons. The molecule has 0 spiro atoms. The summed E-state index contributed by atoms with van der Waals surface area (Å²) in [6.07, 6.45) is 3.50. The number of halogens is 1. The van der Waals surface area contributed by atoms with E-state index in [2.05, 4.69) is 10.1 Å². The number of hydrogen-bond donors (Lipinski definition) is 2. The molecule has 6 heteroatoms. The first kappa shape index (κ1) is 10.8. The van der Waals surface area contributed by atoms with Crippen LogP contribution in [-0.4, -0.2) is 25.8 Å². The topological polar surface area (TPSA) is 70.9 Å². The number of carbonyl (C=O) groups is 1. The van der Waals surface area contributed by atoms with Gasteiger partial charge in [0.15, 0.2) is 5.69 Å². The average Bonchev–Trinajstić information content (AvgIpc) is 2.83. The van der Waals surface area contributed by atoms with Crippen LogP contribution in [0.3, 0.4) is 0 Å². The Morgan fingerprint density at radius 3 is 2.94 bits per heavy atom. The average molecular weight is 240 g/mol. The van der Waals surface area contributed by atoms with Gasteiger partial charge in [0.05, 0.1) is 5.69 Å². The fourth-order valence-corrected chi connectivity index (χ4v) is 1.88. The SMILES string of the molecule is CCn1nc(C(=O)O)c(Cl)c1-c1cc[nH]c1. The lowest BCUT2D eigenvalue weighted by molar-refractivity contribution is 0.0689. The number of aryl methyl sites for hydroxylation is 1. The maximum atomic E-state index is 10.9. The molecule has 0 aromatic carbocycles. The number of nitrogens with zero attached hydrogens (tertiary/aromatic N) is 2. The molecule has 0 aliphatic carbocycles. The van der Waals surface area contributed by atoms with Gasteiger partial charge in [-0.25, -0.2) is 4.79 Å². The number of carboxylic acid groups (broad SMARTS) is 1. The minimum Gasteiger partial charge on any atom is -0.476 e. The van der Waals surface area contributed by atoms with Crippen molar-refractivity contribution in [3.05, 3.63) is 29.2 Å². The van der Waals surface area contributed by atoms with Crippen molar-refractivity contribution >= 4 is 17.6 Å². The highest BCUT2D eigenvalue weighted by molar-refractivity contribution is 6.35. The van der Waals surface area contributed by atoms with Gasteiger partial charge in [-0.3, -0.25) is 4.68 Å². The Kier molecular flexibility index (Phi) is 2.70. The Labute approximate surface area is 96.7 Å². The molecule has 16 heavy (non-hydrogen) atoms. The molecule has 0 saturated carbocycles. The molecule has 2 rings (SSSR count). The van der Waals surface area contributed by atoms with Gasteiger partial charge in [-0.2, -0.15) is 5.10 Å². The Bertz CT molecular complexity index is 516. The van der Waals surface area contributed by atoms with Crippen LogP contribution in [0.2, 0.25) is 5.02 Å². The summed E-state index contributed by atoms with van der Waals surface area (Å²) in [5, 5.41) is 13.1. The van der Waals surface area contributed by atoms with Crippen LogP contribution in [0.15, 0.2) is 18.5 Å². The van der Waals surface area contributed by atoms with Crippen LogP contribution in [0, 0.1) is 0 Å². The van der Waals surface area contributed by atoms with Crippen molar-refractivity contribution in [2.75, 3.05) is 0 Å². The molecule has 0 amide bonds. The minimum atomic E-state index is -1.12. The number of nitrogens with one attached hydrogen (secondary N) is 1. The molecule has 0 aliphatic heterocycles. The molecule has 2 N–H and O–H groups in total. The molecule has 0 fully saturated rings. The molecule has 2 aromatic rings. The third-order valence-electron chi connectivity index (χ3n) is 2.27. The minimum absolute atomic E-state index is 0.111. The second-order valence-electron chi connectivity index (χ2n) is 3.23. The first-order valence-corrected chi connectivity index (χ1v) is 5.15. The zero-order valence-corrected chi connectivity index (χ0v) is 9.32. The van der Waals surface area contributed by atoms with Gasteiger partial charge in [0.25, 0.3) is 0 Å². The molecule has 0 unspecified atom stereocenters. The predicted molar refractivity (Wildman–Crippen MR) is 59.7 cm³/mol. The number of rotatable bonds is 3. The second-order valence-corrected chi connectivity index (χ2v) is 3.61. The van der Waals surface area contributed by atoms with Gasteiger partial charge in [-0.15, -0.1) is 0 Å². The van der Waals surface area contributed by atoms with Gasteiger partial charge in [-0.1, -0.05) is 11.6 Å². The van der Waals surface area contributed by atoms with Crippen LogP contribution in [0.5, 0.6) is 0 Å². The summed E-state index contributed by atoms with van der Waals surface area (Å²) in [5.74, 6) is -1.12. The van der Waals surface area contributed by atoms with Gasteiger partial charge in [-0.05, 0) is 13.0 Å². The summed E-state index contributed by atoms with van der Waals surface area (Å²) in [4.78, 5) is 13.8. The fraction of sp³-hybridized carbons (Fsp3) is 0.200. The first-order chi connectivity index (χ1) is 7.65. The van der Waals surface area contributed by atoms with Crippen molar-refractivity contribution in [2.24, 2.45) is 0 Å². The van der Waals surface area contributed by atoms with E-state index >= 15 is 0 Å². The molecule has 0 aliphatic rings. The van der Waals surface area contributed by atoms with Crippen molar-refractivity contribution in [3.63, 3.8) is 0 Å². The quantitative estimate of drug-likeness (QED) is 0.863. The van der Waals surface area contributed by atoms with E-state index in [1.807, 2.05) is 13.0 Å². The predicted octanol–water partition coefficient (Wildman–Crippen LogP) is 2.25. The molecule has 2 aromatic heterocycles. The molecular formula is C10H10ClN3O2. The number of carboxylic acids is 1. The Morgan fingerprint density at radius 2 is 2.44 bits per heavy atom. The lowest BCUT2D eigenvalue weighted by Crippen LogP contribution is -2.02. The first-order valence-electron chi connectivity index (χ1n) is 4.78. The number of hydrogen-bond acceptors (Lipinski definition) is 2. The normalized spacial score (nSPS) is 10.6. The van der Waals surface area contributed by atoms with Crippen molar-refractivity contribution in [1.82, 2.24) is 14.8 Å². The molecule has 0 radical (unpaired) electrons. The maximum Gasteiger partial charge on any atom is 0.358 e. The number of aromatic nitrogens is 3. The Hall–Kier alpha value is -1.75. The Balaban J connectivity index is 2.64. The summed E-state index contributed by atoms with van der Waals surface area (Å²) in [6, 6.07) is 1.82. The molecule has 0 saturated heterocycles. The highest BCUT2D eigenvalue weighted by atomic mass is 35.5. The summed E-state index contributed by atoms with van der Waals surface area (Å²) >= 11 is 6.02. The van der Waals surface area contributed by atoms with Gasteiger partial charge in [0, 0.05) is 24.5 Å². The van der Waals surface area contributed by atoms with Crippen LogP contribution in [0.4, 0.5) is 0 Å². The van der Waals surface area contributed by atoms with Crippen molar-refractivity contribution in [2.45, 2.75) is 13.5 Å². The summed E-state index contributed by atoms with van der Waals surface area (Å²) in [7, 11) is 0. The van der Waals surface area contributed by atoms with Crippen molar-refractivity contribution in [3.8, 4) is 11.3 Å². The van der Waals surface area contributed by atoms with Crippen LogP contribution in [0.1, 0.15) is 17.4 Å². The molecule has 0 bridgehead atoms. The van der Waals surface area contributed by atoms with E-state index < -0.39 is 5.97 Å². The van der Waals surface area contributed by atoms with E-state index in [0.29, 0.717) is 12.2 Å². The fourth-order valence-electron chi connectivity index (χ4n) is 1.55. The molecule has 2 heterocycles. The zero-order chi connectivity index (χ0) is 11.7.